The number of nitrogens with zero attached hydrogens (tertiary/aromatic N) is 2. The Hall–Kier alpha value is -1.72. The Labute approximate surface area is 203 Å². The van der Waals surface area contributed by atoms with Gasteiger partial charge in [-0.1, -0.05) is 77.8 Å². The Balaban J connectivity index is 0.00000256. The van der Waals surface area contributed by atoms with Crippen molar-refractivity contribution in [1.82, 2.24) is 9.78 Å². The first-order valence-electron chi connectivity index (χ1n) is 9.09. The summed E-state index contributed by atoms with van der Waals surface area (Å²) in [6.45, 7) is 0. The van der Waals surface area contributed by atoms with Gasteiger partial charge in [-0.2, -0.15) is 9.78 Å². The van der Waals surface area contributed by atoms with E-state index < -0.39 is 7.26 Å². The minimum Gasteiger partial charge on any atom is -1.00 e. The van der Waals surface area contributed by atoms with Crippen molar-refractivity contribution in [2.24, 2.45) is 0 Å². The van der Waals surface area contributed by atoms with E-state index in [-0.39, 0.29) is 39.6 Å². The lowest BCUT2D eigenvalue weighted by Gasteiger charge is -2.27. The highest BCUT2D eigenvalue weighted by atomic mass is 127. The molecule has 0 radical (unpaired) electrons. The number of hydrogen-bond donors (Lipinski definition) is 0. The highest BCUT2D eigenvalue weighted by Crippen LogP contribution is 2.56. The fourth-order valence-corrected chi connectivity index (χ4v) is 7.79. The maximum Gasteiger partial charge on any atom is 0.290 e. The minimum atomic E-state index is -2.24. The molecule has 0 fully saturated rings. The largest absolute Gasteiger partial charge is 1.00 e. The number of benzene rings is 3. The van der Waals surface area contributed by atoms with Crippen LogP contribution in [0.15, 0.2) is 102 Å². The van der Waals surface area contributed by atoms with Gasteiger partial charge in [0.25, 0.3) is 5.56 Å². The number of halogens is 3. The zero-order valence-electron chi connectivity index (χ0n) is 15.8. The predicted molar refractivity (Wildman–Crippen MR) is 124 cm³/mol. The van der Waals surface area contributed by atoms with Gasteiger partial charge in [0.15, 0.2) is 6.29 Å². The van der Waals surface area contributed by atoms with Crippen LogP contribution in [0, 0.1) is 0 Å². The highest BCUT2D eigenvalue weighted by Gasteiger charge is 2.46. The molecule has 0 bridgehead atoms. The first-order chi connectivity index (χ1) is 14.1. The molecule has 3 aromatic carbocycles. The van der Waals surface area contributed by atoms with Crippen LogP contribution in [0.5, 0.6) is 0 Å². The SMILES string of the molecule is O=c1c(Cl)c(Cl)cnn1C[P+](c1ccccc1)(c1ccccc1)c1ccccc1.[I-]. The van der Waals surface area contributed by atoms with E-state index in [0.29, 0.717) is 6.29 Å². The van der Waals surface area contributed by atoms with Gasteiger partial charge in [0.1, 0.15) is 28.2 Å². The summed E-state index contributed by atoms with van der Waals surface area (Å²) in [6.07, 6.45) is 1.82. The van der Waals surface area contributed by atoms with Crippen molar-refractivity contribution in [2.45, 2.75) is 6.29 Å². The van der Waals surface area contributed by atoms with E-state index in [1.165, 1.54) is 10.9 Å². The molecule has 0 N–H and O–H groups in total. The van der Waals surface area contributed by atoms with E-state index in [4.69, 9.17) is 23.2 Å². The van der Waals surface area contributed by atoms with Crippen LogP contribution in [0.1, 0.15) is 0 Å². The molecule has 4 aromatic rings. The Bertz CT molecular complexity index is 1080. The lowest BCUT2D eigenvalue weighted by molar-refractivity contribution is -0.00000558. The molecule has 0 aliphatic carbocycles. The molecule has 152 valence electrons. The van der Waals surface area contributed by atoms with Crippen LogP contribution >= 0.6 is 30.5 Å². The fourth-order valence-electron chi connectivity index (χ4n) is 3.49. The van der Waals surface area contributed by atoms with Crippen LogP contribution in [0.4, 0.5) is 0 Å². The smallest absolute Gasteiger partial charge is 0.290 e. The molecule has 7 heteroatoms. The van der Waals surface area contributed by atoms with Crippen molar-refractivity contribution in [3.8, 4) is 0 Å². The first kappa shape index (κ1) is 23.0. The normalized spacial score (nSPS) is 11.0. The lowest BCUT2D eigenvalue weighted by Crippen LogP contribution is -3.00. The summed E-state index contributed by atoms with van der Waals surface area (Å²) >= 11 is 12.2. The fraction of sp³-hybridized carbons (Fsp3) is 0.0435. The Morgan fingerprint density at radius 2 is 1.13 bits per heavy atom. The van der Waals surface area contributed by atoms with Gasteiger partial charge in [-0.05, 0) is 36.4 Å². The summed E-state index contributed by atoms with van der Waals surface area (Å²) in [5.41, 5.74) is -0.383. The third-order valence-corrected chi connectivity index (χ3v) is 9.86. The van der Waals surface area contributed by atoms with E-state index in [1.54, 1.807) is 0 Å². The summed E-state index contributed by atoms with van der Waals surface area (Å²) < 4.78 is 1.44. The summed E-state index contributed by atoms with van der Waals surface area (Å²) in [7, 11) is -2.24. The molecule has 0 unspecified atom stereocenters. The second-order valence-corrected chi connectivity index (χ2v) is 10.8. The molecule has 30 heavy (non-hydrogen) atoms. The molecule has 0 aliphatic rings. The van der Waals surface area contributed by atoms with E-state index in [2.05, 4.69) is 41.5 Å². The van der Waals surface area contributed by atoms with Gasteiger partial charge in [0, 0.05) is 0 Å². The van der Waals surface area contributed by atoms with E-state index in [0.717, 1.165) is 15.9 Å². The molecule has 0 saturated heterocycles. The summed E-state index contributed by atoms with van der Waals surface area (Å²) in [4.78, 5) is 12.9. The molecular weight excluding hydrogens is 549 g/mol. The topological polar surface area (TPSA) is 34.9 Å². The zero-order chi connectivity index (χ0) is 20.3. The van der Waals surface area contributed by atoms with Crippen molar-refractivity contribution in [1.29, 1.82) is 0 Å². The average molecular weight is 567 g/mol. The zero-order valence-corrected chi connectivity index (χ0v) is 20.4. The van der Waals surface area contributed by atoms with Crippen LogP contribution in [0.25, 0.3) is 0 Å². The molecule has 1 heterocycles. The Kier molecular flexibility index (Phi) is 7.70. The number of aromatic nitrogens is 2. The number of rotatable bonds is 5. The van der Waals surface area contributed by atoms with Crippen LogP contribution < -0.4 is 45.4 Å². The summed E-state index contributed by atoms with van der Waals surface area (Å²) in [5.74, 6) is 0. The number of hydrogen-bond acceptors (Lipinski definition) is 2. The van der Waals surface area contributed by atoms with Crippen molar-refractivity contribution in [3.05, 3.63) is 118 Å². The maximum absolute atomic E-state index is 12.9. The van der Waals surface area contributed by atoms with Crippen molar-refractivity contribution < 1.29 is 24.0 Å². The van der Waals surface area contributed by atoms with Crippen molar-refractivity contribution in [2.75, 3.05) is 0 Å². The minimum absolute atomic E-state index is 0. The van der Waals surface area contributed by atoms with Gasteiger partial charge in [-0.25, -0.2) is 0 Å². The quantitative estimate of drug-likeness (QED) is 0.271. The molecule has 3 nitrogen and oxygen atoms in total. The van der Waals surface area contributed by atoms with Gasteiger partial charge in [0.2, 0.25) is 0 Å². The molecule has 4 rings (SSSR count). The van der Waals surface area contributed by atoms with E-state index in [9.17, 15) is 4.79 Å². The third kappa shape index (κ3) is 4.33. The van der Waals surface area contributed by atoms with Gasteiger partial charge >= 0.3 is 0 Å². The molecule has 0 spiro atoms. The summed E-state index contributed by atoms with van der Waals surface area (Å²) in [5, 5.41) is 7.97. The first-order valence-corrected chi connectivity index (χ1v) is 11.8. The van der Waals surface area contributed by atoms with Crippen LogP contribution in [-0.2, 0) is 6.29 Å². The standard InChI is InChI=1S/C23H18Cl2N2OP.HI/c24-21-16-26-27(23(28)22(21)25)17-29(18-10-4-1-5-11-18,19-12-6-2-7-13-19)20-14-8-3-9-15-20;/h1-16H,17H2;1H/q+1;/p-1. The Morgan fingerprint density at radius 3 is 1.53 bits per heavy atom. The molecule has 0 aliphatic heterocycles. The van der Waals surface area contributed by atoms with Crippen LogP contribution in [-0.4, -0.2) is 9.78 Å². The van der Waals surface area contributed by atoms with Gasteiger partial charge in [0.05, 0.1) is 11.2 Å². The maximum atomic E-state index is 12.9. The molecule has 0 saturated carbocycles. The predicted octanol–water partition coefficient (Wildman–Crippen LogP) is 1.51. The molecular formula is C23H18Cl2IN2OP. The monoisotopic (exact) mass is 566 g/mol. The highest BCUT2D eigenvalue weighted by molar-refractivity contribution is 7.94. The average Bonchev–Trinajstić information content (AvgIpc) is 2.79. The molecule has 0 atom stereocenters. The van der Waals surface area contributed by atoms with Crippen LogP contribution in [0.2, 0.25) is 10.0 Å². The van der Waals surface area contributed by atoms with Crippen molar-refractivity contribution in [3.63, 3.8) is 0 Å². The van der Waals surface area contributed by atoms with Gasteiger partial charge in [-0.3, -0.25) is 4.79 Å². The second kappa shape index (κ2) is 10.1. The van der Waals surface area contributed by atoms with Gasteiger partial charge in [-0.15, -0.1) is 0 Å². The third-order valence-electron chi connectivity index (χ3n) is 4.88. The lowest BCUT2D eigenvalue weighted by atomic mass is 10.4. The van der Waals surface area contributed by atoms with Gasteiger partial charge < -0.3 is 24.0 Å². The summed E-state index contributed by atoms with van der Waals surface area (Å²) in [6, 6.07) is 30.9. The van der Waals surface area contributed by atoms with Crippen molar-refractivity contribution >= 4 is 46.4 Å². The second-order valence-electron chi connectivity index (χ2n) is 6.57. The van der Waals surface area contributed by atoms with Crippen LogP contribution in [0.3, 0.4) is 0 Å². The Morgan fingerprint density at radius 1 is 0.733 bits per heavy atom. The molecule has 1 aromatic heterocycles. The van der Waals surface area contributed by atoms with E-state index >= 15 is 0 Å². The molecule has 0 amide bonds. The van der Waals surface area contributed by atoms with E-state index in [1.807, 2.05) is 54.6 Å².